The van der Waals surface area contributed by atoms with E-state index in [9.17, 15) is 10.1 Å². The number of rotatable bonds is 8. The minimum Gasteiger partial charge on any atom is -0.494 e. The summed E-state index contributed by atoms with van der Waals surface area (Å²) in [7, 11) is 0. The molecule has 0 aliphatic carbocycles. The summed E-state index contributed by atoms with van der Waals surface area (Å²) in [6, 6.07) is 9.33. The van der Waals surface area contributed by atoms with Crippen molar-refractivity contribution in [2.75, 3.05) is 19.8 Å². The number of ether oxygens (including phenoxy) is 2. The third kappa shape index (κ3) is 5.71. The molecule has 1 saturated heterocycles. The zero-order chi connectivity index (χ0) is 17.2. The third-order valence-corrected chi connectivity index (χ3v) is 3.84. The van der Waals surface area contributed by atoms with Crippen molar-refractivity contribution in [3.05, 3.63) is 35.4 Å². The maximum atomic E-state index is 12.1. The predicted octanol–water partition coefficient (Wildman–Crippen LogP) is 3.07. The Balaban J connectivity index is 1.90. The van der Waals surface area contributed by atoms with E-state index in [4.69, 9.17) is 9.47 Å². The molecule has 1 aromatic carbocycles. The molecule has 1 N–H and O–H groups in total. The molecule has 0 saturated carbocycles. The molecule has 2 rings (SSSR count). The van der Waals surface area contributed by atoms with Gasteiger partial charge in [0.25, 0.3) is 5.91 Å². The highest BCUT2D eigenvalue weighted by Crippen LogP contribution is 2.15. The van der Waals surface area contributed by atoms with Crippen LogP contribution in [-0.4, -0.2) is 31.8 Å². The lowest BCUT2D eigenvalue weighted by Crippen LogP contribution is -2.32. The number of benzene rings is 1. The number of nitriles is 1. The van der Waals surface area contributed by atoms with E-state index in [0.717, 1.165) is 43.6 Å². The van der Waals surface area contributed by atoms with Crippen LogP contribution in [-0.2, 0) is 9.53 Å². The van der Waals surface area contributed by atoms with Crippen LogP contribution in [0.15, 0.2) is 29.8 Å². The number of nitrogens with zero attached hydrogens (tertiary/aromatic N) is 1. The zero-order valence-electron chi connectivity index (χ0n) is 14.1. The van der Waals surface area contributed by atoms with Gasteiger partial charge >= 0.3 is 0 Å². The molecule has 1 heterocycles. The largest absolute Gasteiger partial charge is 0.494 e. The summed E-state index contributed by atoms with van der Waals surface area (Å²) in [4.78, 5) is 12.1. The Kier molecular flexibility index (Phi) is 7.31. The van der Waals surface area contributed by atoms with Gasteiger partial charge in [-0.2, -0.15) is 5.26 Å². The molecule has 1 fully saturated rings. The molecule has 1 aliphatic heterocycles. The van der Waals surface area contributed by atoms with E-state index in [1.807, 2.05) is 30.3 Å². The molecule has 1 atom stereocenters. The quantitative estimate of drug-likeness (QED) is 0.452. The van der Waals surface area contributed by atoms with Gasteiger partial charge in [0.1, 0.15) is 17.4 Å². The molecule has 1 unspecified atom stereocenters. The molecular weight excluding hydrogens is 304 g/mol. The highest BCUT2D eigenvalue weighted by molar-refractivity contribution is 6.01. The number of amides is 1. The van der Waals surface area contributed by atoms with Crippen molar-refractivity contribution in [1.29, 1.82) is 5.26 Å². The van der Waals surface area contributed by atoms with Crippen molar-refractivity contribution >= 4 is 12.0 Å². The Bertz CT molecular complexity index is 596. The molecule has 0 radical (unpaired) electrons. The Morgan fingerprint density at radius 1 is 1.46 bits per heavy atom. The van der Waals surface area contributed by atoms with Crippen molar-refractivity contribution in [2.24, 2.45) is 0 Å². The Labute approximate surface area is 143 Å². The van der Waals surface area contributed by atoms with Crippen LogP contribution in [0.2, 0.25) is 0 Å². The molecule has 1 amide bonds. The third-order valence-electron chi connectivity index (χ3n) is 3.84. The highest BCUT2D eigenvalue weighted by Gasteiger charge is 2.17. The van der Waals surface area contributed by atoms with E-state index in [1.54, 1.807) is 6.08 Å². The van der Waals surface area contributed by atoms with Gasteiger partial charge < -0.3 is 14.8 Å². The van der Waals surface area contributed by atoms with Gasteiger partial charge in [-0.05, 0) is 43.0 Å². The SMILES string of the molecule is CCCCOc1ccc(/C=C(\C#N)C(=O)NCC2CCCO2)cc1. The molecule has 0 bridgehead atoms. The minimum atomic E-state index is -0.365. The molecule has 1 aliphatic rings. The molecule has 24 heavy (non-hydrogen) atoms. The lowest BCUT2D eigenvalue weighted by atomic mass is 10.1. The van der Waals surface area contributed by atoms with Crippen LogP contribution in [0.3, 0.4) is 0 Å². The summed E-state index contributed by atoms with van der Waals surface area (Å²) in [5.74, 6) is 0.429. The van der Waals surface area contributed by atoms with Crippen molar-refractivity contribution in [2.45, 2.75) is 38.7 Å². The summed E-state index contributed by atoms with van der Waals surface area (Å²) >= 11 is 0. The maximum Gasteiger partial charge on any atom is 0.262 e. The lowest BCUT2D eigenvalue weighted by molar-refractivity contribution is -0.117. The fourth-order valence-corrected chi connectivity index (χ4v) is 2.42. The van der Waals surface area contributed by atoms with Crippen molar-refractivity contribution in [3.8, 4) is 11.8 Å². The first-order valence-corrected chi connectivity index (χ1v) is 8.47. The second-order valence-corrected chi connectivity index (χ2v) is 5.79. The Morgan fingerprint density at radius 3 is 2.88 bits per heavy atom. The first-order valence-electron chi connectivity index (χ1n) is 8.47. The number of carbonyl (C=O) groups excluding carboxylic acids is 1. The van der Waals surface area contributed by atoms with Crippen molar-refractivity contribution in [1.82, 2.24) is 5.32 Å². The summed E-state index contributed by atoms with van der Waals surface area (Å²) in [6.07, 6.45) is 5.73. The van der Waals surface area contributed by atoms with E-state index in [1.165, 1.54) is 0 Å². The second-order valence-electron chi connectivity index (χ2n) is 5.79. The summed E-state index contributed by atoms with van der Waals surface area (Å²) in [5.41, 5.74) is 0.884. The van der Waals surface area contributed by atoms with Gasteiger partial charge in [-0.1, -0.05) is 25.5 Å². The van der Waals surface area contributed by atoms with Crippen molar-refractivity contribution < 1.29 is 14.3 Å². The Morgan fingerprint density at radius 2 is 2.25 bits per heavy atom. The average molecular weight is 328 g/mol. The summed E-state index contributed by atoms with van der Waals surface area (Å²) in [6.45, 7) is 4.00. The first-order chi connectivity index (χ1) is 11.7. The van der Waals surface area contributed by atoms with Crippen LogP contribution in [0.25, 0.3) is 6.08 Å². The fourth-order valence-electron chi connectivity index (χ4n) is 2.42. The number of unbranched alkanes of at least 4 members (excludes halogenated alkanes) is 1. The van der Waals surface area contributed by atoms with Gasteiger partial charge in [-0.25, -0.2) is 0 Å². The topological polar surface area (TPSA) is 71.3 Å². The summed E-state index contributed by atoms with van der Waals surface area (Å²) in [5, 5.41) is 12.0. The lowest BCUT2D eigenvalue weighted by Gasteiger charge is -2.10. The molecule has 5 nitrogen and oxygen atoms in total. The predicted molar refractivity (Wildman–Crippen MR) is 92.4 cm³/mol. The van der Waals surface area contributed by atoms with Crippen LogP contribution >= 0.6 is 0 Å². The number of hydrogen-bond donors (Lipinski definition) is 1. The molecular formula is C19H24N2O3. The minimum absolute atomic E-state index is 0.0634. The van der Waals surface area contributed by atoms with Gasteiger partial charge in [0.2, 0.25) is 0 Å². The van der Waals surface area contributed by atoms with E-state index in [-0.39, 0.29) is 17.6 Å². The first kappa shape index (κ1) is 18.0. The van der Waals surface area contributed by atoms with Gasteiger partial charge in [0.15, 0.2) is 0 Å². The van der Waals surface area contributed by atoms with E-state index >= 15 is 0 Å². The van der Waals surface area contributed by atoms with Crippen LogP contribution in [0.4, 0.5) is 0 Å². The number of nitrogens with one attached hydrogen (secondary N) is 1. The van der Waals surface area contributed by atoms with Gasteiger partial charge in [0, 0.05) is 13.2 Å². The monoisotopic (exact) mass is 328 g/mol. The maximum absolute atomic E-state index is 12.1. The molecule has 0 spiro atoms. The zero-order valence-corrected chi connectivity index (χ0v) is 14.1. The molecule has 5 heteroatoms. The second kappa shape index (κ2) is 9.74. The molecule has 0 aromatic heterocycles. The van der Waals surface area contributed by atoms with Crippen LogP contribution < -0.4 is 10.1 Å². The average Bonchev–Trinajstić information content (AvgIpc) is 3.12. The van der Waals surface area contributed by atoms with E-state index < -0.39 is 0 Å². The van der Waals surface area contributed by atoms with Gasteiger partial charge in [0.05, 0.1) is 12.7 Å². The van der Waals surface area contributed by atoms with E-state index in [0.29, 0.717) is 13.2 Å². The van der Waals surface area contributed by atoms with Crippen LogP contribution in [0.5, 0.6) is 5.75 Å². The smallest absolute Gasteiger partial charge is 0.262 e. The van der Waals surface area contributed by atoms with Crippen molar-refractivity contribution in [3.63, 3.8) is 0 Å². The molecule has 1 aromatic rings. The van der Waals surface area contributed by atoms with Gasteiger partial charge in [-0.3, -0.25) is 4.79 Å². The Hall–Kier alpha value is -2.32. The standard InChI is InChI=1S/C19H24N2O3/c1-2-3-10-23-17-8-6-15(7-9-17)12-16(13-20)19(22)21-14-18-5-4-11-24-18/h6-9,12,18H,2-5,10-11,14H2,1H3,(H,21,22)/b16-12+. The fraction of sp³-hybridized carbons (Fsp3) is 0.474. The van der Waals surface area contributed by atoms with E-state index in [2.05, 4.69) is 12.2 Å². The van der Waals surface area contributed by atoms with Crippen LogP contribution in [0, 0.1) is 11.3 Å². The van der Waals surface area contributed by atoms with Crippen LogP contribution in [0.1, 0.15) is 38.2 Å². The number of hydrogen-bond acceptors (Lipinski definition) is 4. The molecule has 128 valence electrons. The summed E-state index contributed by atoms with van der Waals surface area (Å²) < 4.78 is 11.1. The van der Waals surface area contributed by atoms with Gasteiger partial charge in [-0.15, -0.1) is 0 Å². The number of carbonyl (C=O) groups is 1. The highest BCUT2D eigenvalue weighted by atomic mass is 16.5. The normalized spacial score (nSPS) is 17.3.